The number of allylic oxidation sites excluding steroid dienone is 1. The van der Waals surface area contributed by atoms with Crippen LogP contribution in [0.3, 0.4) is 0 Å². The average Bonchev–Trinajstić information content (AvgIpc) is 2.65. The van der Waals surface area contributed by atoms with Crippen molar-refractivity contribution in [3.63, 3.8) is 0 Å². The van der Waals surface area contributed by atoms with Gasteiger partial charge in [0, 0.05) is 5.57 Å². The smallest absolute Gasteiger partial charge is 0.318 e. The maximum Gasteiger partial charge on any atom is 0.318 e. The number of rotatable bonds is 1. The Labute approximate surface area is 116 Å². The molecule has 0 spiro atoms. The fourth-order valence-electron chi connectivity index (χ4n) is 5.40. The molecular formula is C15H18O5. The maximum absolute atomic E-state index is 12.3. The highest BCUT2D eigenvalue weighted by molar-refractivity contribution is 5.95. The van der Waals surface area contributed by atoms with Crippen molar-refractivity contribution < 1.29 is 24.5 Å². The summed E-state index contributed by atoms with van der Waals surface area (Å²) in [4.78, 5) is 23.7. The number of hydrogen-bond acceptors (Lipinski definition) is 5. The molecule has 6 unspecified atom stereocenters. The van der Waals surface area contributed by atoms with Crippen molar-refractivity contribution in [1.82, 2.24) is 0 Å². The molecule has 5 nitrogen and oxygen atoms in total. The van der Waals surface area contributed by atoms with Crippen LogP contribution in [0, 0.1) is 28.1 Å². The first kappa shape index (κ1) is 12.5. The van der Waals surface area contributed by atoms with Crippen LogP contribution in [0.25, 0.3) is 0 Å². The Morgan fingerprint density at radius 2 is 2.00 bits per heavy atom. The van der Waals surface area contributed by atoms with Gasteiger partial charge in [-0.3, -0.25) is 9.59 Å². The minimum absolute atomic E-state index is 0.0548. The lowest BCUT2D eigenvalue weighted by atomic mass is 9.69. The van der Waals surface area contributed by atoms with Crippen molar-refractivity contribution in [3.8, 4) is 0 Å². The number of aldehydes is 1. The van der Waals surface area contributed by atoms with E-state index >= 15 is 0 Å². The highest BCUT2D eigenvalue weighted by Crippen LogP contribution is 2.81. The number of cyclic esters (lactones) is 1. The van der Waals surface area contributed by atoms with E-state index in [1.54, 1.807) is 0 Å². The fourth-order valence-corrected chi connectivity index (χ4v) is 5.40. The van der Waals surface area contributed by atoms with Crippen LogP contribution < -0.4 is 0 Å². The van der Waals surface area contributed by atoms with Crippen LogP contribution >= 0.6 is 0 Å². The normalized spacial score (nSPS) is 54.4. The molecule has 0 bridgehead atoms. The molecule has 1 aliphatic heterocycles. The maximum atomic E-state index is 12.3. The molecule has 0 aromatic rings. The van der Waals surface area contributed by atoms with Gasteiger partial charge in [0.05, 0.1) is 6.10 Å². The van der Waals surface area contributed by atoms with Crippen LogP contribution in [0.1, 0.15) is 26.7 Å². The number of aliphatic hydroxyl groups is 2. The lowest BCUT2D eigenvalue weighted by molar-refractivity contribution is -0.171. The van der Waals surface area contributed by atoms with E-state index in [0.29, 0.717) is 11.9 Å². The number of carbonyl (C=O) groups is 2. The second-order valence-corrected chi connectivity index (χ2v) is 7.48. The number of fused-ring (bicyclic) bond motifs is 1. The molecule has 3 fully saturated rings. The van der Waals surface area contributed by atoms with E-state index in [1.807, 2.05) is 6.08 Å². The quantitative estimate of drug-likeness (QED) is 0.536. The number of ether oxygens (including phenoxy) is 1. The molecule has 1 heterocycles. The molecule has 4 rings (SSSR count). The Morgan fingerprint density at radius 3 is 2.65 bits per heavy atom. The molecule has 20 heavy (non-hydrogen) atoms. The summed E-state index contributed by atoms with van der Waals surface area (Å²) in [6, 6.07) is 0. The van der Waals surface area contributed by atoms with Crippen LogP contribution in [0.2, 0.25) is 0 Å². The third-order valence-corrected chi connectivity index (χ3v) is 6.07. The highest BCUT2D eigenvalue weighted by Gasteiger charge is 2.94. The zero-order valence-corrected chi connectivity index (χ0v) is 11.5. The van der Waals surface area contributed by atoms with Gasteiger partial charge in [0.25, 0.3) is 0 Å². The van der Waals surface area contributed by atoms with Gasteiger partial charge in [-0.15, -0.1) is 0 Å². The van der Waals surface area contributed by atoms with Gasteiger partial charge >= 0.3 is 5.97 Å². The number of esters is 1. The summed E-state index contributed by atoms with van der Waals surface area (Å²) >= 11 is 0. The van der Waals surface area contributed by atoms with Crippen molar-refractivity contribution in [2.24, 2.45) is 28.1 Å². The monoisotopic (exact) mass is 278 g/mol. The van der Waals surface area contributed by atoms with Crippen molar-refractivity contribution in [2.75, 3.05) is 0 Å². The van der Waals surface area contributed by atoms with E-state index in [2.05, 4.69) is 13.8 Å². The van der Waals surface area contributed by atoms with E-state index in [-0.39, 0.29) is 17.3 Å². The summed E-state index contributed by atoms with van der Waals surface area (Å²) < 4.78 is 4.99. The summed E-state index contributed by atoms with van der Waals surface area (Å²) in [6.45, 7) is 4.26. The summed E-state index contributed by atoms with van der Waals surface area (Å²) in [5, 5.41) is 20.6. The molecule has 0 radical (unpaired) electrons. The summed E-state index contributed by atoms with van der Waals surface area (Å²) in [7, 11) is 0. The molecule has 3 aliphatic carbocycles. The van der Waals surface area contributed by atoms with Gasteiger partial charge in [-0.05, 0) is 30.1 Å². The van der Waals surface area contributed by atoms with E-state index in [0.717, 1.165) is 12.8 Å². The van der Waals surface area contributed by atoms with Crippen LogP contribution in [-0.4, -0.2) is 34.9 Å². The van der Waals surface area contributed by atoms with Gasteiger partial charge < -0.3 is 14.9 Å². The minimum atomic E-state index is -1.41. The van der Waals surface area contributed by atoms with Gasteiger partial charge in [-0.1, -0.05) is 19.9 Å². The molecule has 0 aromatic carbocycles. The van der Waals surface area contributed by atoms with E-state index in [9.17, 15) is 19.8 Å². The van der Waals surface area contributed by atoms with E-state index in [4.69, 9.17) is 4.74 Å². The van der Waals surface area contributed by atoms with Gasteiger partial charge in [0.15, 0.2) is 0 Å². The number of hydrogen-bond donors (Lipinski definition) is 2. The van der Waals surface area contributed by atoms with Crippen molar-refractivity contribution in [2.45, 2.75) is 39.1 Å². The van der Waals surface area contributed by atoms with Crippen molar-refractivity contribution in [3.05, 3.63) is 11.6 Å². The van der Waals surface area contributed by atoms with Crippen molar-refractivity contribution in [1.29, 1.82) is 0 Å². The lowest BCUT2D eigenvalue weighted by Crippen LogP contribution is -2.35. The predicted molar refractivity (Wildman–Crippen MR) is 67.1 cm³/mol. The molecule has 5 heteroatoms. The van der Waals surface area contributed by atoms with E-state index in [1.165, 1.54) is 0 Å². The Hall–Kier alpha value is -1.20. The zero-order valence-electron chi connectivity index (χ0n) is 11.5. The molecule has 2 saturated carbocycles. The third kappa shape index (κ3) is 0.969. The van der Waals surface area contributed by atoms with E-state index < -0.39 is 29.2 Å². The Morgan fingerprint density at radius 1 is 1.30 bits per heavy atom. The van der Waals surface area contributed by atoms with Gasteiger partial charge in [0.2, 0.25) is 6.29 Å². The first-order valence-electron chi connectivity index (χ1n) is 7.07. The Bertz CT molecular complexity index is 565. The lowest BCUT2D eigenvalue weighted by Gasteiger charge is -2.29. The topological polar surface area (TPSA) is 83.8 Å². The van der Waals surface area contributed by atoms with Gasteiger partial charge in [-0.25, -0.2) is 0 Å². The van der Waals surface area contributed by atoms with Gasteiger partial charge in [-0.2, -0.15) is 0 Å². The Kier molecular flexibility index (Phi) is 1.99. The summed E-state index contributed by atoms with van der Waals surface area (Å²) in [6.07, 6.45) is 1.77. The zero-order chi connectivity index (χ0) is 14.5. The van der Waals surface area contributed by atoms with Crippen LogP contribution in [-0.2, 0) is 14.3 Å². The molecule has 0 aromatic heterocycles. The third-order valence-electron chi connectivity index (χ3n) is 6.07. The molecule has 6 atom stereocenters. The fraction of sp³-hybridized carbons (Fsp3) is 0.733. The first-order valence-corrected chi connectivity index (χ1v) is 7.07. The van der Waals surface area contributed by atoms with Gasteiger partial charge in [0.1, 0.15) is 17.1 Å². The van der Waals surface area contributed by atoms with Crippen LogP contribution in [0.5, 0.6) is 0 Å². The summed E-state index contributed by atoms with van der Waals surface area (Å²) in [5.74, 6) is -0.508. The standard InChI is InChI=1S/C15H18O5/c1-13(2)4-7-3-8(6-16)14-10(17)15(14,9(7)5-13)12(19)20-11(14)18/h3,6-7,9-11,17-18H,4-5H2,1-2H3. The second kappa shape index (κ2) is 3.17. The summed E-state index contributed by atoms with van der Waals surface area (Å²) in [5.41, 5.74) is -1.92. The molecule has 4 aliphatic rings. The number of carbonyl (C=O) groups excluding carboxylic acids is 2. The SMILES string of the molecule is CC1(C)CC2C=C(C=O)C34C(O)OC(=O)C3(C2C1)C4O. The molecule has 108 valence electrons. The molecule has 1 saturated heterocycles. The number of aliphatic hydroxyl groups excluding tert-OH is 2. The first-order chi connectivity index (χ1) is 9.32. The average molecular weight is 278 g/mol. The minimum Gasteiger partial charge on any atom is -0.434 e. The molecule has 0 amide bonds. The molecular weight excluding hydrogens is 260 g/mol. The van der Waals surface area contributed by atoms with Crippen LogP contribution in [0.15, 0.2) is 11.6 Å². The highest BCUT2D eigenvalue weighted by atomic mass is 16.7. The van der Waals surface area contributed by atoms with Crippen molar-refractivity contribution >= 4 is 12.3 Å². The Balaban J connectivity index is 1.93. The molecule has 2 N–H and O–H groups in total. The predicted octanol–water partition coefficient (Wildman–Crippen LogP) is 0.400. The second-order valence-electron chi connectivity index (χ2n) is 7.48. The largest absolute Gasteiger partial charge is 0.434 e. The van der Waals surface area contributed by atoms with Crippen LogP contribution in [0.4, 0.5) is 0 Å².